The van der Waals surface area contributed by atoms with E-state index in [4.69, 9.17) is 4.74 Å². The van der Waals surface area contributed by atoms with Crippen molar-refractivity contribution in [2.24, 2.45) is 0 Å². The zero-order chi connectivity index (χ0) is 8.06. The Kier molecular flexibility index (Phi) is 1.10. The molecular weight excluding hydrogens is 144 g/mol. The minimum atomic E-state index is -0.807. The zero-order valence-corrected chi connectivity index (χ0v) is 6.16. The van der Waals surface area contributed by atoms with Crippen molar-refractivity contribution in [2.45, 2.75) is 25.0 Å². The molecule has 0 radical (unpaired) electrons. The minimum absolute atomic E-state index is 0.0220. The van der Waals surface area contributed by atoms with Crippen molar-refractivity contribution in [1.29, 1.82) is 0 Å². The van der Waals surface area contributed by atoms with Crippen molar-refractivity contribution in [1.82, 2.24) is 0 Å². The molecule has 2 heterocycles. The van der Waals surface area contributed by atoms with Crippen molar-refractivity contribution >= 4 is 11.6 Å². The summed E-state index contributed by atoms with van der Waals surface area (Å²) in [4.78, 5) is 22.2. The Morgan fingerprint density at radius 1 is 1.64 bits per heavy atom. The van der Waals surface area contributed by atoms with Gasteiger partial charge in [-0.1, -0.05) is 0 Å². The van der Waals surface area contributed by atoms with Crippen LogP contribution in [0.2, 0.25) is 0 Å². The summed E-state index contributed by atoms with van der Waals surface area (Å²) >= 11 is 0. The lowest BCUT2D eigenvalue weighted by atomic mass is 9.96. The fraction of sp³-hybridized carbons (Fsp3) is 0.500. The molecule has 11 heavy (non-hydrogen) atoms. The van der Waals surface area contributed by atoms with Crippen molar-refractivity contribution in [3.63, 3.8) is 0 Å². The fourth-order valence-electron chi connectivity index (χ4n) is 1.38. The van der Waals surface area contributed by atoms with Crippen LogP contribution in [0.15, 0.2) is 12.2 Å². The van der Waals surface area contributed by atoms with Crippen LogP contribution in [-0.4, -0.2) is 23.3 Å². The quantitative estimate of drug-likeness (QED) is 0.369. The Balaban J connectivity index is 2.40. The van der Waals surface area contributed by atoms with Gasteiger partial charge in [0.2, 0.25) is 0 Å². The maximum absolute atomic E-state index is 11.2. The van der Waals surface area contributed by atoms with Crippen LogP contribution in [0.4, 0.5) is 0 Å². The average molecular weight is 152 g/mol. The van der Waals surface area contributed by atoms with Gasteiger partial charge >= 0.3 is 0 Å². The Morgan fingerprint density at radius 2 is 2.36 bits per heavy atom. The van der Waals surface area contributed by atoms with E-state index < -0.39 is 11.7 Å². The van der Waals surface area contributed by atoms with E-state index in [0.717, 1.165) is 0 Å². The van der Waals surface area contributed by atoms with Crippen LogP contribution in [-0.2, 0) is 14.3 Å². The second-order valence-electron chi connectivity index (χ2n) is 3.07. The first-order chi connectivity index (χ1) is 5.12. The number of ketones is 2. The predicted molar refractivity (Wildman–Crippen MR) is 37.0 cm³/mol. The molecule has 0 spiro atoms. The highest BCUT2D eigenvalue weighted by Crippen LogP contribution is 2.30. The lowest BCUT2D eigenvalue weighted by Gasteiger charge is -2.26. The van der Waals surface area contributed by atoms with Crippen LogP contribution in [0, 0.1) is 0 Å². The summed E-state index contributed by atoms with van der Waals surface area (Å²) in [5, 5.41) is 0. The molecule has 3 heteroatoms. The van der Waals surface area contributed by atoms with E-state index in [0.29, 0.717) is 0 Å². The normalized spacial score (nSPS) is 41.7. The Hall–Kier alpha value is -0.960. The molecule has 0 aromatic heterocycles. The molecule has 2 rings (SSSR count). The van der Waals surface area contributed by atoms with Gasteiger partial charge in [0.25, 0.3) is 0 Å². The van der Waals surface area contributed by atoms with E-state index in [1.807, 2.05) is 0 Å². The van der Waals surface area contributed by atoms with E-state index in [1.54, 1.807) is 19.1 Å². The van der Waals surface area contributed by atoms with E-state index in [-0.39, 0.29) is 18.0 Å². The van der Waals surface area contributed by atoms with Gasteiger partial charge in [0, 0.05) is 0 Å². The molecule has 3 nitrogen and oxygen atoms in total. The highest BCUT2D eigenvalue weighted by Gasteiger charge is 2.45. The summed E-state index contributed by atoms with van der Waals surface area (Å²) in [6, 6.07) is 0. The lowest BCUT2D eigenvalue weighted by molar-refractivity contribution is -0.155. The third-order valence-electron chi connectivity index (χ3n) is 2.17. The Morgan fingerprint density at radius 3 is 3.09 bits per heavy atom. The monoisotopic (exact) mass is 152 g/mol. The molecule has 0 N–H and O–H groups in total. The van der Waals surface area contributed by atoms with Gasteiger partial charge in [0.05, 0.1) is 6.42 Å². The molecule has 1 fully saturated rings. The van der Waals surface area contributed by atoms with Crippen molar-refractivity contribution < 1.29 is 14.3 Å². The molecule has 2 aliphatic rings. The number of hydrogen-bond donors (Lipinski definition) is 0. The molecule has 1 saturated heterocycles. The highest BCUT2D eigenvalue weighted by atomic mass is 16.5. The number of ether oxygens (including phenoxy) is 1. The standard InChI is InChI=1S/C8H8O3/c1-8-3-2-6(11-8)5(9)4-7(8)10/h2-3,6H,4H2,1H3/t6-,8-/m1/s1. The van der Waals surface area contributed by atoms with E-state index in [9.17, 15) is 9.59 Å². The first-order valence-corrected chi connectivity index (χ1v) is 3.55. The summed E-state index contributed by atoms with van der Waals surface area (Å²) in [6.07, 6.45) is 2.89. The van der Waals surface area contributed by atoms with Gasteiger partial charge in [0.15, 0.2) is 11.6 Å². The molecule has 0 unspecified atom stereocenters. The van der Waals surface area contributed by atoms with Crippen molar-refractivity contribution in [3.8, 4) is 0 Å². The van der Waals surface area contributed by atoms with Gasteiger partial charge in [-0.2, -0.15) is 0 Å². The van der Waals surface area contributed by atoms with Gasteiger partial charge in [-0.15, -0.1) is 0 Å². The second kappa shape index (κ2) is 1.80. The number of Topliss-reactive ketones (excluding diaryl/α,β-unsaturated/α-hetero) is 2. The summed E-state index contributed by atoms with van der Waals surface area (Å²) in [6.45, 7) is 1.69. The third kappa shape index (κ3) is 0.775. The van der Waals surface area contributed by atoms with Crippen LogP contribution >= 0.6 is 0 Å². The largest absolute Gasteiger partial charge is 0.348 e. The number of carbonyl (C=O) groups excluding carboxylic acids is 2. The van der Waals surface area contributed by atoms with Crippen molar-refractivity contribution in [2.75, 3.05) is 0 Å². The van der Waals surface area contributed by atoms with Crippen molar-refractivity contribution in [3.05, 3.63) is 12.2 Å². The number of fused-ring (bicyclic) bond motifs is 2. The molecule has 0 aromatic carbocycles. The summed E-state index contributed by atoms with van der Waals surface area (Å²) < 4.78 is 5.20. The average Bonchev–Trinajstić information content (AvgIpc) is 2.28. The topological polar surface area (TPSA) is 43.4 Å². The van der Waals surface area contributed by atoms with E-state index in [2.05, 4.69) is 0 Å². The molecule has 2 atom stereocenters. The maximum Gasteiger partial charge on any atom is 0.175 e. The van der Waals surface area contributed by atoms with Gasteiger partial charge in [-0.25, -0.2) is 0 Å². The van der Waals surface area contributed by atoms with Crippen LogP contribution in [0.3, 0.4) is 0 Å². The zero-order valence-electron chi connectivity index (χ0n) is 6.16. The van der Waals surface area contributed by atoms with Crippen LogP contribution in [0.1, 0.15) is 13.3 Å². The Bertz CT molecular complexity index is 267. The van der Waals surface area contributed by atoms with E-state index >= 15 is 0 Å². The van der Waals surface area contributed by atoms with Crippen LogP contribution in [0.25, 0.3) is 0 Å². The number of hydrogen-bond acceptors (Lipinski definition) is 3. The van der Waals surface area contributed by atoms with Crippen LogP contribution in [0.5, 0.6) is 0 Å². The Labute approximate surface area is 64.0 Å². The van der Waals surface area contributed by atoms with Crippen LogP contribution < -0.4 is 0 Å². The molecule has 58 valence electrons. The number of carbonyl (C=O) groups is 2. The summed E-state index contributed by atoms with van der Waals surface area (Å²) in [7, 11) is 0. The first kappa shape index (κ1) is 6.73. The van der Waals surface area contributed by atoms with Gasteiger partial charge in [0.1, 0.15) is 11.7 Å². The molecule has 0 aromatic rings. The van der Waals surface area contributed by atoms with Gasteiger partial charge in [-0.05, 0) is 19.1 Å². The molecule has 2 aliphatic heterocycles. The van der Waals surface area contributed by atoms with Gasteiger partial charge < -0.3 is 4.74 Å². The summed E-state index contributed by atoms with van der Waals surface area (Å²) in [5.74, 6) is -0.256. The molecule has 2 bridgehead atoms. The lowest BCUT2D eigenvalue weighted by Crippen LogP contribution is -2.44. The number of rotatable bonds is 0. The first-order valence-electron chi connectivity index (χ1n) is 3.55. The fourth-order valence-corrected chi connectivity index (χ4v) is 1.38. The predicted octanol–water partition coefficient (Wildman–Crippen LogP) is 0.242. The SMILES string of the molecule is C[C@]12C=C[C@@H](O1)C(=O)CC2=O. The van der Waals surface area contributed by atoms with Gasteiger partial charge in [-0.3, -0.25) is 9.59 Å². The smallest absolute Gasteiger partial charge is 0.175 e. The second-order valence-corrected chi connectivity index (χ2v) is 3.07. The minimum Gasteiger partial charge on any atom is -0.348 e. The third-order valence-corrected chi connectivity index (χ3v) is 2.17. The highest BCUT2D eigenvalue weighted by molar-refractivity contribution is 6.09. The summed E-state index contributed by atoms with van der Waals surface area (Å²) in [5.41, 5.74) is -0.807. The maximum atomic E-state index is 11.2. The molecule has 0 aliphatic carbocycles. The molecular formula is C8H8O3. The van der Waals surface area contributed by atoms with E-state index in [1.165, 1.54) is 0 Å². The molecule has 0 amide bonds. The molecule has 0 saturated carbocycles.